The van der Waals surface area contributed by atoms with Crippen molar-refractivity contribution in [1.82, 2.24) is 10.3 Å². The van der Waals surface area contributed by atoms with E-state index in [1.54, 1.807) is 0 Å². The van der Waals surface area contributed by atoms with Gasteiger partial charge in [0.15, 0.2) is 0 Å². The van der Waals surface area contributed by atoms with Crippen molar-refractivity contribution in [3.8, 4) is 0 Å². The normalized spacial score (nSPS) is 18.1. The van der Waals surface area contributed by atoms with E-state index < -0.39 is 0 Å². The van der Waals surface area contributed by atoms with Gasteiger partial charge in [-0.3, -0.25) is 0 Å². The maximum atomic E-state index is 4.66. The second-order valence-electron chi connectivity index (χ2n) is 5.24. The maximum Gasteiger partial charge on any atom is 0.0946 e. The lowest BCUT2D eigenvalue weighted by atomic mass is 9.80. The highest BCUT2D eigenvalue weighted by atomic mass is 32.1. The Kier molecular flexibility index (Phi) is 4.57. The highest BCUT2D eigenvalue weighted by Crippen LogP contribution is 2.31. The van der Waals surface area contributed by atoms with Crippen LogP contribution in [0.5, 0.6) is 0 Å². The highest BCUT2D eigenvalue weighted by Gasteiger charge is 2.22. The van der Waals surface area contributed by atoms with E-state index in [0.29, 0.717) is 6.04 Å². The van der Waals surface area contributed by atoms with E-state index in [2.05, 4.69) is 31.1 Å². The first-order valence-electron chi connectivity index (χ1n) is 6.85. The van der Waals surface area contributed by atoms with Gasteiger partial charge in [-0.05, 0) is 32.7 Å². The molecule has 0 bridgehead atoms. The smallest absolute Gasteiger partial charge is 0.0946 e. The summed E-state index contributed by atoms with van der Waals surface area (Å²) >= 11 is 1.87. The summed E-state index contributed by atoms with van der Waals surface area (Å²) in [5.41, 5.74) is 1.21. The van der Waals surface area contributed by atoms with Crippen LogP contribution in [-0.2, 0) is 6.42 Å². The standard InChI is InChI=1S/C14H24N2S/c1-4-15-13(8-12-6-5-7-12)9-14-16-10(2)11(3)17-14/h12-13,15H,4-9H2,1-3H3. The first-order chi connectivity index (χ1) is 8.19. The third-order valence-corrected chi connectivity index (χ3v) is 4.92. The largest absolute Gasteiger partial charge is 0.314 e. The fourth-order valence-corrected chi connectivity index (χ4v) is 3.51. The molecule has 1 aromatic rings. The average molecular weight is 252 g/mol. The van der Waals surface area contributed by atoms with Crippen LogP contribution < -0.4 is 5.32 Å². The number of rotatable bonds is 6. The van der Waals surface area contributed by atoms with E-state index in [1.807, 2.05) is 11.3 Å². The zero-order valence-corrected chi connectivity index (χ0v) is 12.1. The Labute approximate surface area is 109 Å². The minimum absolute atomic E-state index is 0.634. The van der Waals surface area contributed by atoms with Gasteiger partial charge in [0.25, 0.3) is 0 Å². The van der Waals surface area contributed by atoms with Crippen LogP contribution in [0.4, 0.5) is 0 Å². The molecule has 1 heterocycles. The number of aromatic nitrogens is 1. The molecule has 2 rings (SSSR count). The summed E-state index contributed by atoms with van der Waals surface area (Å²) < 4.78 is 0. The monoisotopic (exact) mass is 252 g/mol. The molecular formula is C14H24N2S. The molecule has 1 N–H and O–H groups in total. The number of likely N-dealkylation sites (N-methyl/N-ethyl adjacent to an activating group) is 1. The van der Waals surface area contributed by atoms with Gasteiger partial charge < -0.3 is 5.32 Å². The summed E-state index contributed by atoms with van der Waals surface area (Å²) in [6.07, 6.45) is 6.78. The summed E-state index contributed by atoms with van der Waals surface area (Å²) in [6.45, 7) is 7.56. The van der Waals surface area contributed by atoms with Gasteiger partial charge in [-0.1, -0.05) is 26.2 Å². The Morgan fingerprint density at radius 2 is 2.18 bits per heavy atom. The summed E-state index contributed by atoms with van der Waals surface area (Å²) in [4.78, 5) is 6.04. The molecule has 17 heavy (non-hydrogen) atoms. The topological polar surface area (TPSA) is 24.9 Å². The van der Waals surface area contributed by atoms with Gasteiger partial charge in [-0.15, -0.1) is 11.3 Å². The van der Waals surface area contributed by atoms with Crippen molar-refractivity contribution in [2.24, 2.45) is 5.92 Å². The van der Waals surface area contributed by atoms with Crippen LogP contribution in [0.25, 0.3) is 0 Å². The maximum absolute atomic E-state index is 4.66. The van der Waals surface area contributed by atoms with Gasteiger partial charge in [-0.2, -0.15) is 0 Å². The van der Waals surface area contributed by atoms with E-state index in [-0.39, 0.29) is 0 Å². The van der Waals surface area contributed by atoms with Crippen LogP contribution in [0.15, 0.2) is 0 Å². The zero-order chi connectivity index (χ0) is 12.3. The first-order valence-corrected chi connectivity index (χ1v) is 7.67. The van der Waals surface area contributed by atoms with Gasteiger partial charge >= 0.3 is 0 Å². The van der Waals surface area contributed by atoms with Crippen molar-refractivity contribution in [2.75, 3.05) is 6.54 Å². The van der Waals surface area contributed by atoms with Crippen LogP contribution >= 0.6 is 11.3 Å². The Morgan fingerprint density at radius 1 is 1.41 bits per heavy atom. The van der Waals surface area contributed by atoms with E-state index in [9.17, 15) is 0 Å². The molecule has 1 fully saturated rings. The van der Waals surface area contributed by atoms with Crippen LogP contribution in [0.3, 0.4) is 0 Å². The van der Waals surface area contributed by atoms with Crippen LogP contribution in [0.2, 0.25) is 0 Å². The molecule has 0 spiro atoms. The van der Waals surface area contributed by atoms with Gasteiger partial charge in [0, 0.05) is 17.3 Å². The predicted molar refractivity (Wildman–Crippen MR) is 74.7 cm³/mol. The lowest BCUT2D eigenvalue weighted by molar-refractivity contribution is 0.260. The molecule has 1 saturated carbocycles. The molecular weight excluding hydrogens is 228 g/mol. The molecule has 1 atom stereocenters. The van der Waals surface area contributed by atoms with Crippen LogP contribution in [0.1, 0.15) is 48.2 Å². The predicted octanol–water partition coefficient (Wildman–Crippen LogP) is 3.47. The lowest BCUT2D eigenvalue weighted by Gasteiger charge is -2.29. The Balaban J connectivity index is 1.91. The third kappa shape index (κ3) is 3.52. The lowest BCUT2D eigenvalue weighted by Crippen LogP contribution is -2.34. The van der Waals surface area contributed by atoms with E-state index in [0.717, 1.165) is 18.9 Å². The SMILES string of the molecule is CCNC(Cc1nc(C)c(C)s1)CC1CCC1. The molecule has 2 nitrogen and oxygen atoms in total. The molecule has 0 saturated heterocycles. The fraction of sp³-hybridized carbons (Fsp3) is 0.786. The second kappa shape index (κ2) is 5.96. The van der Waals surface area contributed by atoms with Crippen molar-refractivity contribution < 1.29 is 0 Å². The second-order valence-corrected chi connectivity index (χ2v) is 6.53. The third-order valence-electron chi connectivity index (χ3n) is 3.83. The molecule has 0 radical (unpaired) electrons. The van der Waals surface area contributed by atoms with Crippen molar-refractivity contribution in [3.63, 3.8) is 0 Å². The molecule has 1 aliphatic carbocycles. The van der Waals surface area contributed by atoms with Gasteiger partial charge in [0.2, 0.25) is 0 Å². The summed E-state index contributed by atoms with van der Waals surface area (Å²) in [6, 6.07) is 0.634. The van der Waals surface area contributed by atoms with Gasteiger partial charge in [-0.25, -0.2) is 4.98 Å². The number of nitrogens with one attached hydrogen (secondary N) is 1. The number of thiazole rings is 1. The highest BCUT2D eigenvalue weighted by molar-refractivity contribution is 7.11. The Morgan fingerprint density at radius 3 is 2.65 bits per heavy atom. The summed E-state index contributed by atoms with van der Waals surface area (Å²) in [5, 5.41) is 4.94. The molecule has 96 valence electrons. The number of hydrogen-bond donors (Lipinski definition) is 1. The fourth-order valence-electron chi connectivity index (χ4n) is 2.50. The van der Waals surface area contributed by atoms with E-state index in [4.69, 9.17) is 0 Å². The molecule has 0 amide bonds. The Bertz CT molecular complexity index is 336. The van der Waals surface area contributed by atoms with Crippen molar-refractivity contribution in [1.29, 1.82) is 0 Å². The molecule has 0 aliphatic heterocycles. The quantitative estimate of drug-likeness (QED) is 0.838. The molecule has 3 heteroatoms. The summed E-state index contributed by atoms with van der Waals surface area (Å²) in [5.74, 6) is 0.973. The Hall–Kier alpha value is -0.410. The van der Waals surface area contributed by atoms with Crippen LogP contribution in [-0.4, -0.2) is 17.6 Å². The first kappa shape index (κ1) is 13.0. The molecule has 1 unspecified atom stereocenters. The molecule has 1 aliphatic rings. The number of hydrogen-bond acceptors (Lipinski definition) is 3. The minimum atomic E-state index is 0.634. The summed E-state index contributed by atoms with van der Waals surface area (Å²) in [7, 11) is 0. The molecule has 0 aromatic carbocycles. The van der Waals surface area contributed by atoms with Crippen molar-refractivity contribution in [2.45, 2.75) is 58.9 Å². The van der Waals surface area contributed by atoms with Crippen molar-refractivity contribution >= 4 is 11.3 Å². The number of aryl methyl sites for hydroxylation is 2. The zero-order valence-electron chi connectivity index (χ0n) is 11.3. The molecule has 1 aromatic heterocycles. The van der Waals surface area contributed by atoms with E-state index in [1.165, 1.54) is 41.3 Å². The van der Waals surface area contributed by atoms with Gasteiger partial charge in [0.1, 0.15) is 0 Å². The average Bonchev–Trinajstić information content (AvgIpc) is 2.52. The van der Waals surface area contributed by atoms with Gasteiger partial charge in [0.05, 0.1) is 10.7 Å². The van der Waals surface area contributed by atoms with Crippen LogP contribution in [0, 0.1) is 19.8 Å². The minimum Gasteiger partial charge on any atom is -0.314 e. The number of nitrogens with zero attached hydrogens (tertiary/aromatic N) is 1. The van der Waals surface area contributed by atoms with E-state index >= 15 is 0 Å². The van der Waals surface area contributed by atoms with Crippen molar-refractivity contribution in [3.05, 3.63) is 15.6 Å².